The van der Waals surface area contributed by atoms with E-state index in [-0.39, 0.29) is 0 Å². The van der Waals surface area contributed by atoms with Gasteiger partial charge in [0.2, 0.25) is 0 Å². The highest BCUT2D eigenvalue weighted by Gasteiger charge is 2.29. The first-order valence-electron chi connectivity index (χ1n) is 9.17. The van der Waals surface area contributed by atoms with E-state index in [0.29, 0.717) is 12.0 Å². The number of aromatic nitrogens is 5. The molecule has 3 aromatic rings. The van der Waals surface area contributed by atoms with E-state index in [0.717, 1.165) is 48.7 Å². The average Bonchev–Trinajstić information content (AvgIpc) is 3.26. The third-order valence-electron chi connectivity index (χ3n) is 4.91. The van der Waals surface area contributed by atoms with Gasteiger partial charge in [-0.05, 0) is 49.9 Å². The van der Waals surface area contributed by atoms with Crippen LogP contribution in [0.25, 0.3) is 11.0 Å². The summed E-state index contributed by atoms with van der Waals surface area (Å²) in [5.74, 6) is 2.69. The van der Waals surface area contributed by atoms with Gasteiger partial charge in [0.25, 0.3) is 0 Å². The van der Waals surface area contributed by atoms with Crippen molar-refractivity contribution in [1.29, 1.82) is 0 Å². The number of aromatic amines is 1. The fourth-order valence-electron chi connectivity index (χ4n) is 3.72. The zero-order chi connectivity index (χ0) is 17.4. The molecule has 4 rings (SSSR count). The molecule has 1 atom stereocenters. The van der Waals surface area contributed by atoms with Crippen molar-refractivity contribution in [3.8, 4) is 0 Å². The van der Waals surface area contributed by atoms with Crippen LogP contribution < -0.4 is 0 Å². The molecule has 6 nitrogen and oxygen atoms in total. The van der Waals surface area contributed by atoms with Crippen molar-refractivity contribution in [2.24, 2.45) is 5.92 Å². The predicted octanol–water partition coefficient (Wildman–Crippen LogP) is 3.46. The number of likely N-dealkylation sites (tertiary alicyclic amines) is 1. The molecule has 1 aromatic carbocycles. The highest BCUT2D eigenvalue weighted by molar-refractivity contribution is 5.75. The highest BCUT2D eigenvalue weighted by Crippen LogP contribution is 2.32. The molecule has 0 unspecified atom stereocenters. The summed E-state index contributed by atoms with van der Waals surface area (Å²) in [6.45, 7) is 9.35. The largest absolute Gasteiger partial charge is 0.341 e. The minimum absolute atomic E-state index is 0.330. The Kier molecular flexibility index (Phi) is 4.29. The minimum atomic E-state index is 0.330. The van der Waals surface area contributed by atoms with E-state index < -0.39 is 0 Å². The van der Waals surface area contributed by atoms with Crippen LogP contribution in [-0.2, 0) is 13.1 Å². The van der Waals surface area contributed by atoms with Gasteiger partial charge in [0.1, 0.15) is 18.0 Å². The van der Waals surface area contributed by atoms with Crippen LogP contribution in [0, 0.1) is 12.8 Å². The van der Waals surface area contributed by atoms with Crippen LogP contribution in [0.15, 0.2) is 24.5 Å². The van der Waals surface area contributed by atoms with Crippen LogP contribution >= 0.6 is 0 Å². The zero-order valence-electron chi connectivity index (χ0n) is 15.2. The summed E-state index contributed by atoms with van der Waals surface area (Å²) >= 11 is 0. The van der Waals surface area contributed by atoms with Crippen molar-refractivity contribution in [3.63, 3.8) is 0 Å². The monoisotopic (exact) mass is 338 g/mol. The lowest BCUT2D eigenvalue weighted by Crippen LogP contribution is -2.26. The Morgan fingerprint density at radius 2 is 2.20 bits per heavy atom. The molecule has 1 aliphatic heterocycles. The van der Waals surface area contributed by atoms with Gasteiger partial charge in [0, 0.05) is 6.54 Å². The second-order valence-corrected chi connectivity index (χ2v) is 7.52. The lowest BCUT2D eigenvalue weighted by atomic mass is 10.2. The van der Waals surface area contributed by atoms with Gasteiger partial charge in [-0.1, -0.05) is 19.9 Å². The molecule has 1 saturated heterocycles. The molecular formula is C19H26N6. The average molecular weight is 338 g/mol. The minimum Gasteiger partial charge on any atom is -0.341 e. The van der Waals surface area contributed by atoms with Crippen LogP contribution in [0.4, 0.5) is 0 Å². The summed E-state index contributed by atoms with van der Waals surface area (Å²) in [5, 5.41) is 4.40. The summed E-state index contributed by atoms with van der Waals surface area (Å²) in [4.78, 5) is 15.4. The standard InChI is InChI=1S/C19H26N6/c1-13(2)10-25-18(20-12-21-25)11-24-8-4-5-17(24)19-22-15-7-6-14(3)9-16(15)23-19/h6-7,9,12-13,17H,4-5,8,10-11H2,1-3H3,(H,22,23)/t17-/m0/s1. The fraction of sp³-hybridized carbons (Fsp3) is 0.526. The van der Waals surface area contributed by atoms with Crippen LogP contribution in [-0.4, -0.2) is 36.2 Å². The van der Waals surface area contributed by atoms with Gasteiger partial charge >= 0.3 is 0 Å². The van der Waals surface area contributed by atoms with Crippen molar-refractivity contribution < 1.29 is 0 Å². The molecule has 1 aliphatic rings. The summed E-state index contributed by atoms with van der Waals surface area (Å²) < 4.78 is 2.04. The summed E-state index contributed by atoms with van der Waals surface area (Å²) in [5.41, 5.74) is 3.44. The molecule has 0 amide bonds. The van der Waals surface area contributed by atoms with Crippen molar-refractivity contribution >= 4 is 11.0 Å². The first kappa shape index (κ1) is 16.3. The van der Waals surface area contributed by atoms with Crippen LogP contribution in [0.5, 0.6) is 0 Å². The lowest BCUT2D eigenvalue weighted by Gasteiger charge is -2.22. The fourth-order valence-corrected chi connectivity index (χ4v) is 3.72. The number of nitrogens with one attached hydrogen (secondary N) is 1. The molecule has 0 bridgehead atoms. The van der Waals surface area contributed by atoms with E-state index in [1.165, 1.54) is 12.0 Å². The molecular weight excluding hydrogens is 312 g/mol. The Balaban J connectivity index is 1.56. The number of rotatable bonds is 5. The number of nitrogens with zero attached hydrogens (tertiary/aromatic N) is 5. The smallest absolute Gasteiger partial charge is 0.141 e. The third-order valence-corrected chi connectivity index (χ3v) is 4.91. The SMILES string of the molecule is Cc1ccc2nc([C@@H]3CCCN3Cc3ncnn3CC(C)C)[nH]c2c1. The first-order valence-corrected chi connectivity index (χ1v) is 9.17. The quantitative estimate of drug-likeness (QED) is 0.774. The van der Waals surface area contributed by atoms with Gasteiger partial charge in [-0.25, -0.2) is 14.6 Å². The van der Waals surface area contributed by atoms with Crippen LogP contribution in [0.1, 0.15) is 49.9 Å². The predicted molar refractivity (Wildman–Crippen MR) is 98.1 cm³/mol. The number of benzene rings is 1. The Bertz CT molecular complexity index is 862. The lowest BCUT2D eigenvalue weighted by molar-refractivity contribution is 0.229. The number of imidazole rings is 1. The van der Waals surface area contributed by atoms with Crippen molar-refractivity contribution in [1.82, 2.24) is 29.6 Å². The molecule has 0 spiro atoms. The number of aryl methyl sites for hydroxylation is 1. The highest BCUT2D eigenvalue weighted by atomic mass is 15.4. The van der Waals surface area contributed by atoms with Gasteiger partial charge in [0.15, 0.2) is 0 Å². The molecule has 1 N–H and O–H groups in total. The maximum absolute atomic E-state index is 4.85. The van der Waals surface area contributed by atoms with Gasteiger partial charge in [-0.3, -0.25) is 4.90 Å². The van der Waals surface area contributed by atoms with Crippen LogP contribution in [0.3, 0.4) is 0 Å². The number of H-pyrrole nitrogens is 1. The Morgan fingerprint density at radius 3 is 3.04 bits per heavy atom. The molecule has 0 saturated carbocycles. The van der Waals surface area contributed by atoms with Crippen molar-refractivity contribution in [2.75, 3.05) is 6.54 Å². The molecule has 25 heavy (non-hydrogen) atoms. The first-order chi connectivity index (χ1) is 12.1. The van der Waals surface area contributed by atoms with E-state index in [1.54, 1.807) is 6.33 Å². The molecule has 0 aliphatic carbocycles. The van der Waals surface area contributed by atoms with E-state index in [1.807, 2.05) is 4.68 Å². The van der Waals surface area contributed by atoms with E-state index in [9.17, 15) is 0 Å². The van der Waals surface area contributed by atoms with Crippen molar-refractivity contribution in [3.05, 3.63) is 41.7 Å². The summed E-state index contributed by atoms with van der Waals surface area (Å²) in [6.07, 6.45) is 4.00. The Labute approximate surface area is 148 Å². The number of hydrogen-bond donors (Lipinski definition) is 1. The third kappa shape index (κ3) is 3.31. The Morgan fingerprint density at radius 1 is 1.32 bits per heavy atom. The van der Waals surface area contributed by atoms with Crippen LogP contribution in [0.2, 0.25) is 0 Å². The van der Waals surface area contributed by atoms with Crippen molar-refractivity contribution in [2.45, 2.75) is 52.7 Å². The van der Waals surface area contributed by atoms with E-state index in [4.69, 9.17) is 4.98 Å². The zero-order valence-corrected chi connectivity index (χ0v) is 15.2. The summed E-state index contributed by atoms with van der Waals surface area (Å²) in [7, 11) is 0. The number of fused-ring (bicyclic) bond motifs is 1. The topological polar surface area (TPSA) is 62.6 Å². The van der Waals surface area contributed by atoms with Gasteiger partial charge < -0.3 is 4.98 Å². The second-order valence-electron chi connectivity index (χ2n) is 7.52. The number of hydrogen-bond acceptors (Lipinski definition) is 4. The van der Waals surface area contributed by atoms with E-state index >= 15 is 0 Å². The molecule has 2 aromatic heterocycles. The maximum Gasteiger partial charge on any atom is 0.141 e. The van der Waals surface area contributed by atoms with Gasteiger partial charge in [0.05, 0.1) is 23.6 Å². The van der Waals surface area contributed by atoms with E-state index in [2.05, 4.69) is 58.9 Å². The molecule has 6 heteroatoms. The molecule has 0 radical (unpaired) electrons. The van der Waals surface area contributed by atoms with Gasteiger partial charge in [-0.2, -0.15) is 5.10 Å². The van der Waals surface area contributed by atoms with Gasteiger partial charge in [-0.15, -0.1) is 0 Å². The normalized spacial score (nSPS) is 18.6. The second kappa shape index (κ2) is 6.59. The molecule has 1 fully saturated rings. The molecule has 132 valence electrons. The summed E-state index contributed by atoms with van der Waals surface area (Å²) in [6, 6.07) is 6.72. The molecule has 3 heterocycles. The Hall–Kier alpha value is -2.21. The maximum atomic E-state index is 4.85.